The van der Waals surface area contributed by atoms with Gasteiger partial charge in [0.25, 0.3) is 0 Å². The molecule has 0 spiro atoms. The van der Waals surface area contributed by atoms with Crippen LogP contribution in [-0.4, -0.2) is 33.0 Å². The van der Waals surface area contributed by atoms with E-state index in [0.29, 0.717) is 31.8 Å². The SMILES string of the molecule is COCCOCC(Cc1ccc(Br)cc1F)NN. The van der Waals surface area contributed by atoms with Crippen molar-refractivity contribution in [1.29, 1.82) is 0 Å². The third-order valence-corrected chi connectivity index (χ3v) is 2.96. The average molecular weight is 321 g/mol. The van der Waals surface area contributed by atoms with Gasteiger partial charge in [0.15, 0.2) is 0 Å². The van der Waals surface area contributed by atoms with Gasteiger partial charge in [-0.25, -0.2) is 4.39 Å². The van der Waals surface area contributed by atoms with Gasteiger partial charge in [0.1, 0.15) is 5.82 Å². The smallest absolute Gasteiger partial charge is 0.127 e. The van der Waals surface area contributed by atoms with Gasteiger partial charge in [-0.3, -0.25) is 11.3 Å². The van der Waals surface area contributed by atoms with Crippen molar-refractivity contribution in [2.75, 3.05) is 26.9 Å². The zero-order chi connectivity index (χ0) is 13.4. The molecule has 0 amide bonds. The number of methoxy groups -OCH3 is 1. The quantitative estimate of drug-likeness (QED) is 0.434. The van der Waals surface area contributed by atoms with E-state index in [1.807, 2.05) is 0 Å². The van der Waals surface area contributed by atoms with E-state index in [9.17, 15) is 4.39 Å². The number of nitrogens with two attached hydrogens (primary N) is 1. The van der Waals surface area contributed by atoms with Crippen molar-refractivity contribution in [2.24, 2.45) is 5.84 Å². The van der Waals surface area contributed by atoms with E-state index < -0.39 is 0 Å². The van der Waals surface area contributed by atoms with Gasteiger partial charge in [-0.1, -0.05) is 22.0 Å². The number of rotatable bonds is 8. The number of hydrogen-bond acceptors (Lipinski definition) is 4. The summed E-state index contributed by atoms with van der Waals surface area (Å²) in [5.74, 6) is 5.17. The fourth-order valence-electron chi connectivity index (χ4n) is 1.49. The second-order valence-electron chi connectivity index (χ2n) is 3.87. The zero-order valence-electron chi connectivity index (χ0n) is 10.3. The Morgan fingerprint density at radius 3 is 2.83 bits per heavy atom. The maximum Gasteiger partial charge on any atom is 0.127 e. The van der Waals surface area contributed by atoms with Crippen LogP contribution in [0.2, 0.25) is 0 Å². The van der Waals surface area contributed by atoms with E-state index in [-0.39, 0.29) is 11.9 Å². The molecule has 0 aliphatic rings. The number of nitrogens with one attached hydrogen (secondary N) is 1. The first kappa shape index (κ1) is 15.5. The third kappa shape index (κ3) is 5.41. The Morgan fingerprint density at radius 2 is 2.22 bits per heavy atom. The first-order valence-corrected chi connectivity index (χ1v) is 6.43. The third-order valence-electron chi connectivity index (χ3n) is 2.47. The summed E-state index contributed by atoms with van der Waals surface area (Å²) in [4.78, 5) is 0. The average Bonchev–Trinajstić information content (AvgIpc) is 2.35. The summed E-state index contributed by atoms with van der Waals surface area (Å²) >= 11 is 3.22. The summed E-state index contributed by atoms with van der Waals surface area (Å²) in [6.45, 7) is 1.44. The molecule has 0 aliphatic carbocycles. The standard InChI is InChI=1S/C12H18BrFN2O2/c1-17-4-5-18-8-11(16-15)6-9-2-3-10(13)7-12(9)14/h2-3,7,11,16H,4-6,8,15H2,1H3. The first-order valence-electron chi connectivity index (χ1n) is 5.64. The molecule has 0 radical (unpaired) electrons. The Kier molecular flexibility index (Phi) is 7.38. The molecule has 18 heavy (non-hydrogen) atoms. The highest BCUT2D eigenvalue weighted by atomic mass is 79.9. The molecular weight excluding hydrogens is 303 g/mol. The Balaban J connectivity index is 2.46. The lowest BCUT2D eigenvalue weighted by Crippen LogP contribution is -2.40. The van der Waals surface area contributed by atoms with Gasteiger partial charge in [0, 0.05) is 17.6 Å². The van der Waals surface area contributed by atoms with Gasteiger partial charge in [0.2, 0.25) is 0 Å². The van der Waals surface area contributed by atoms with Crippen LogP contribution in [0.3, 0.4) is 0 Å². The van der Waals surface area contributed by atoms with Gasteiger partial charge in [0.05, 0.1) is 19.8 Å². The molecular formula is C12H18BrFN2O2. The zero-order valence-corrected chi connectivity index (χ0v) is 11.9. The van der Waals surface area contributed by atoms with E-state index >= 15 is 0 Å². The van der Waals surface area contributed by atoms with Gasteiger partial charge in [-0.2, -0.15) is 0 Å². The molecule has 1 unspecified atom stereocenters. The maximum absolute atomic E-state index is 13.6. The molecule has 0 bridgehead atoms. The minimum Gasteiger partial charge on any atom is -0.382 e. The van der Waals surface area contributed by atoms with Crippen molar-refractivity contribution in [3.8, 4) is 0 Å². The van der Waals surface area contributed by atoms with Gasteiger partial charge in [-0.15, -0.1) is 0 Å². The lowest BCUT2D eigenvalue weighted by atomic mass is 10.1. The fourth-order valence-corrected chi connectivity index (χ4v) is 1.82. The predicted molar refractivity (Wildman–Crippen MR) is 71.6 cm³/mol. The number of halogens is 2. The van der Waals surface area contributed by atoms with Crippen molar-refractivity contribution in [1.82, 2.24) is 5.43 Å². The van der Waals surface area contributed by atoms with Gasteiger partial charge in [-0.05, 0) is 24.1 Å². The normalized spacial score (nSPS) is 12.7. The lowest BCUT2D eigenvalue weighted by Gasteiger charge is -2.16. The Bertz CT molecular complexity index is 366. The lowest BCUT2D eigenvalue weighted by molar-refractivity contribution is 0.0586. The predicted octanol–water partition coefficient (Wildman–Crippen LogP) is 1.63. The molecule has 1 atom stereocenters. The summed E-state index contributed by atoms with van der Waals surface area (Å²) in [6, 6.07) is 4.85. The first-order chi connectivity index (χ1) is 8.67. The molecule has 6 heteroatoms. The molecule has 0 saturated heterocycles. The number of benzene rings is 1. The van der Waals surface area contributed by atoms with Crippen LogP contribution in [-0.2, 0) is 15.9 Å². The maximum atomic E-state index is 13.6. The molecule has 102 valence electrons. The second-order valence-corrected chi connectivity index (χ2v) is 4.79. The van der Waals surface area contributed by atoms with Crippen LogP contribution in [0.25, 0.3) is 0 Å². The van der Waals surface area contributed by atoms with Gasteiger partial charge >= 0.3 is 0 Å². The van der Waals surface area contributed by atoms with Crippen LogP contribution in [0, 0.1) is 5.82 Å². The highest BCUT2D eigenvalue weighted by molar-refractivity contribution is 9.10. The van der Waals surface area contributed by atoms with Crippen molar-refractivity contribution >= 4 is 15.9 Å². The van der Waals surface area contributed by atoms with Crippen molar-refractivity contribution in [3.63, 3.8) is 0 Å². The summed E-state index contributed by atoms with van der Waals surface area (Å²) in [5, 5.41) is 0. The number of hydrazine groups is 1. The van der Waals surface area contributed by atoms with E-state index in [1.165, 1.54) is 6.07 Å². The van der Waals surface area contributed by atoms with E-state index in [2.05, 4.69) is 21.4 Å². The molecule has 1 aromatic carbocycles. The minimum atomic E-state index is -0.249. The molecule has 0 fully saturated rings. The van der Waals surface area contributed by atoms with Crippen molar-refractivity contribution in [2.45, 2.75) is 12.5 Å². The molecule has 4 nitrogen and oxygen atoms in total. The van der Waals surface area contributed by atoms with E-state index in [4.69, 9.17) is 15.3 Å². The molecule has 0 aliphatic heterocycles. The fraction of sp³-hybridized carbons (Fsp3) is 0.500. The summed E-state index contributed by atoms with van der Waals surface area (Å²) < 4.78 is 24.6. The van der Waals surface area contributed by atoms with Crippen molar-refractivity contribution < 1.29 is 13.9 Å². The molecule has 1 rings (SSSR count). The molecule has 0 saturated carbocycles. The monoisotopic (exact) mass is 320 g/mol. The Morgan fingerprint density at radius 1 is 1.44 bits per heavy atom. The molecule has 0 aromatic heterocycles. The molecule has 1 aromatic rings. The van der Waals surface area contributed by atoms with Crippen LogP contribution >= 0.6 is 15.9 Å². The summed E-state index contributed by atoms with van der Waals surface area (Å²) in [7, 11) is 1.61. The Labute approximate surface area is 115 Å². The van der Waals surface area contributed by atoms with Crippen LogP contribution in [0.1, 0.15) is 5.56 Å². The molecule has 0 heterocycles. The topological polar surface area (TPSA) is 56.5 Å². The summed E-state index contributed by atoms with van der Waals surface area (Å²) in [6.07, 6.45) is 0.475. The van der Waals surface area contributed by atoms with Crippen molar-refractivity contribution in [3.05, 3.63) is 34.1 Å². The van der Waals surface area contributed by atoms with Gasteiger partial charge < -0.3 is 9.47 Å². The largest absolute Gasteiger partial charge is 0.382 e. The van der Waals surface area contributed by atoms with Crippen LogP contribution in [0.5, 0.6) is 0 Å². The summed E-state index contributed by atoms with van der Waals surface area (Å²) in [5.41, 5.74) is 3.23. The van der Waals surface area contributed by atoms with Crippen LogP contribution in [0.4, 0.5) is 4.39 Å². The second kappa shape index (κ2) is 8.55. The van der Waals surface area contributed by atoms with E-state index in [1.54, 1.807) is 19.2 Å². The highest BCUT2D eigenvalue weighted by Crippen LogP contribution is 2.16. The van der Waals surface area contributed by atoms with E-state index in [0.717, 1.165) is 4.47 Å². The Hall–Kier alpha value is -0.530. The van der Waals surface area contributed by atoms with Crippen LogP contribution < -0.4 is 11.3 Å². The number of hydrogen-bond donors (Lipinski definition) is 2. The highest BCUT2D eigenvalue weighted by Gasteiger charge is 2.11. The van der Waals surface area contributed by atoms with Crippen LogP contribution in [0.15, 0.2) is 22.7 Å². The number of ether oxygens (including phenoxy) is 2. The molecule has 3 N–H and O–H groups in total. The minimum absolute atomic E-state index is 0.127.